The van der Waals surface area contributed by atoms with Crippen molar-refractivity contribution in [3.63, 3.8) is 0 Å². The lowest BCUT2D eigenvalue weighted by Crippen LogP contribution is -2.12. The van der Waals surface area contributed by atoms with Crippen molar-refractivity contribution in [3.05, 3.63) is 63.6 Å². The maximum absolute atomic E-state index is 12.9. The van der Waals surface area contributed by atoms with Crippen molar-refractivity contribution in [2.75, 3.05) is 11.9 Å². The van der Waals surface area contributed by atoms with Crippen molar-refractivity contribution in [2.45, 2.75) is 19.5 Å². The molecule has 5 heteroatoms. The molecule has 2 aromatic rings. The first-order valence-corrected chi connectivity index (χ1v) is 7.32. The average molecular weight is 358 g/mol. The Morgan fingerprint density at radius 1 is 1.10 bits per heavy atom. The summed E-state index contributed by atoms with van der Waals surface area (Å²) in [5, 5.41) is 2.88. The molecule has 0 atom stereocenters. The third kappa shape index (κ3) is 4.49. The molecule has 0 spiro atoms. The Labute approximate surface area is 130 Å². The molecule has 0 radical (unpaired) electrons. The van der Waals surface area contributed by atoms with Gasteiger partial charge in [-0.25, -0.2) is 0 Å². The molecular formula is C16H15BrF3N. The lowest BCUT2D eigenvalue weighted by Gasteiger charge is -2.15. The smallest absolute Gasteiger partial charge is 0.384 e. The number of benzene rings is 2. The Morgan fingerprint density at radius 3 is 2.52 bits per heavy atom. The fourth-order valence-electron chi connectivity index (χ4n) is 2.12. The van der Waals surface area contributed by atoms with Crippen LogP contribution in [0, 0.1) is 6.92 Å². The van der Waals surface area contributed by atoms with Crippen LogP contribution in [0.3, 0.4) is 0 Å². The summed E-state index contributed by atoms with van der Waals surface area (Å²) in [5.41, 5.74) is 1.71. The maximum Gasteiger partial charge on any atom is 0.418 e. The van der Waals surface area contributed by atoms with Crippen LogP contribution in [0.1, 0.15) is 16.7 Å². The van der Waals surface area contributed by atoms with Crippen LogP contribution in [0.15, 0.2) is 46.9 Å². The van der Waals surface area contributed by atoms with Gasteiger partial charge in [-0.05, 0) is 37.1 Å². The second-order valence-corrected chi connectivity index (χ2v) is 5.77. The van der Waals surface area contributed by atoms with Crippen molar-refractivity contribution in [1.29, 1.82) is 0 Å². The molecule has 0 aliphatic rings. The molecule has 0 unspecified atom stereocenters. The molecule has 0 amide bonds. The van der Waals surface area contributed by atoms with Gasteiger partial charge in [0.1, 0.15) is 0 Å². The van der Waals surface area contributed by atoms with E-state index >= 15 is 0 Å². The van der Waals surface area contributed by atoms with E-state index in [1.807, 2.05) is 31.2 Å². The van der Waals surface area contributed by atoms with Gasteiger partial charge < -0.3 is 5.32 Å². The molecule has 0 aliphatic heterocycles. The highest BCUT2D eigenvalue weighted by Crippen LogP contribution is 2.36. The predicted molar refractivity (Wildman–Crippen MR) is 82.5 cm³/mol. The quantitative estimate of drug-likeness (QED) is 0.768. The van der Waals surface area contributed by atoms with Gasteiger partial charge in [0.25, 0.3) is 0 Å². The van der Waals surface area contributed by atoms with Gasteiger partial charge in [0.2, 0.25) is 0 Å². The van der Waals surface area contributed by atoms with Crippen LogP contribution in [0.2, 0.25) is 0 Å². The van der Waals surface area contributed by atoms with Gasteiger partial charge in [-0.2, -0.15) is 13.2 Å². The van der Waals surface area contributed by atoms with E-state index in [0.717, 1.165) is 17.2 Å². The standard InChI is InChI=1S/C16H15BrF3N/c1-11-3-2-4-12(9-11)7-8-21-15-10-13(17)5-6-14(15)16(18,19)20/h2-6,9-10,21H,7-8H2,1H3. The highest BCUT2D eigenvalue weighted by molar-refractivity contribution is 9.10. The summed E-state index contributed by atoms with van der Waals surface area (Å²) in [5.74, 6) is 0. The molecular weight excluding hydrogens is 343 g/mol. The topological polar surface area (TPSA) is 12.0 Å². The number of hydrogen-bond donors (Lipinski definition) is 1. The molecule has 0 bridgehead atoms. The minimum absolute atomic E-state index is 0.101. The number of rotatable bonds is 4. The molecule has 21 heavy (non-hydrogen) atoms. The molecule has 1 N–H and O–H groups in total. The molecule has 0 saturated carbocycles. The van der Waals surface area contributed by atoms with Crippen molar-refractivity contribution in [3.8, 4) is 0 Å². The van der Waals surface area contributed by atoms with E-state index < -0.39 is 11.7 Å². The minimum atomic E-state index is -4.35. The minimum Gasteiger partial charge on any atom is -0.384 e. The van der Waals surface area contributed by atoms with E-state index in [1.165, 1.54) is 12.1 Å². The molecule has 0 heterocycles. The van der Waals surface area contributed by atoms with E-state index in [2.05, 4.69) is 21.2 Å². The Bertz CT molecular complexity index is 623. The Hall–Kier alpha value is -1.49. The summed E-state index contributed by atoms with van der Waals surface area (Å²) in [6.45, 7) is 2.44. The van der Waals surface area contributed by atoms with E-state index in [0.29, 0.717) is 17.4 Å². The largest absolute Gasteiger partial charge is 0.418 e. The van der Waals surface area contributed by atoms with Gasteiger partial charge in [-0.15, -0.1) is 0 Å². The zero-order valence-electron chi connectivity index (χ0n) is 11.5. The number of anilines is 1. The van der Waals surface area contributed by atoms with Crippen LogP contribution in [-0.2, 0) is 12.6 Å². The van der Waals surface area contributed by atoms with Crippen LogP contribution in [0.25, 0.3) is 0 Å². The third-order valence-electron chi connectivity index (χ3n) is 3.10. The summed E-state index contributed by atoms with van der Waals surface area (Å²) in [6, 6.07) is 11.9. The van der Waals surface area contributed by atoms with Crippen LogP contribution < -0.4 is 5.32 Å². The lowest BCUT2D eigenvalue weighted by atomic mass is 10.1. The number of halogens is 4. The van der Waals surface area contributed by atoms with E-state index in [9.17, 15) is 13.2 Å². The van der Waals surface area contributed by atoms with Gasteiger partial charge in [0.05, 0.1) is 5.56 Å². The summed E-state index contributed by atoms with van der Waals surface area (Å²) < 4.78 is 39.4. The van der Waals surface area contributed by atoms with E-state index in [-0.39, 0.29) is 5.69 Å². The summed E-state index contributed by atoms with van der Waals surface area (Å²) in [6.07, 6.45) is -3.68. The average Bonchev–Trinajstić information content (AvgIpc) is 2.37. The summed E-state index contributed by atoms with van der Waals surface area (Å²) in [7, 11) is 0. The van der Waals surface area contributed by atoms with Gasteiger partial charge in [0, 0.05) is 16.7 Å². The fraction of sp³-hybridized carbons (Fsp3) is 0.250. The van der Waals surface area contributed by atoms with Gasteiger partial charge >= 0.3 is 6.18 Å². The first-order valence-electron chi connectivity index (χ1n) is 6.52. The predicted octanol–water partition coefficient (Wildman–Crippen LogP) is 5.43. The Balaban J connectivity index is 2.08. The molecule has 0 aromatic heterocycles. The molecule has 0 fully saturated rings. The van der Waals surface area contributed by atoms with Crippen LogP contribution in [-0.4, -0.2) is 6.54 Å². The number of aryl methyl sites for hydroxylation is 1. The van der Waals surface area contributed by atoms with E-state index in [4.69, 9.17) is 0 Å². The molecule has 1 nitrogen and oxygen atoms in total. The van der Waals surface area contributed by atoms with Crippen molar-refractivity contribution >= 4 is 21.6 Å². The first-order chi connectivity index (χ1) is 9.86. The van der Waals surface area contributed by atoms with Gasteiger partial charge in [-0.1, -0.05) is 45.8 Å². The molecule has 0 aliphatic carbocycles. The number of hydrogen-bond acceptors (Lipinski definition) is 1. The van der Waals surface area contributed by atoms with Crippen molar-refractivity contribution in [1.82, 2.24) is 0 Å². The van der Waals surface area contributed by atoms with Crippen molar-refractivity contribution < 1.29 is 13.2 Å². The Kier molecular flexibility index (Phi) is 4.93. The highest BCUT2D eigenvalue weighted by atomic mass is 79.9. The molecule has 2 aromatic carbocycles. The zero-order chi connectivity index (χ0) is 15.5. The van der Waals surface area contributed by atoms with Crippen LogP contribution in [0.4, 0.5) is 18.9 Å². The highest BCUT2D eigenvalue weighted by Gasteiger charge is 2.33. The van der Waals surface area contributed by atoms with Gasteiger partial charge in [0.15, 0.2) is 0 Å². The van der Waals surface area contributed by atoms with Crippen LogP contribution >= 0.6 is 15.9 Å². The maximum atomic E-state index is 12.9. The zero-order valence-corrected chi connectivity index (χ0v) is 13.1. The SMILES string of the molecule is Cc1cccc(CCNc2cc(Br)ccc2C(F)(F)F)c1. The van der Waals surface area contributed by atoms with Gasteiger partial charge in [-0.3, -0.25) is 0 Å². The second kappa shape index (κ2) is 6.52. The number of alkyl halides is 3. The third-order valence-corrected chi connectivity index (χ3v) is 3.59. The lowest BCUT2D eigenvalue weighted by molar-refractivity contribution is -0.136. The summed E-state index contributed by atoms with van der Waals surface area (Å²) >= 11 is 3.20. The normalized spacial score (nSPS) is 11.5. The second-order valence-electron chi connectivity index (χ2n) is 4.85. The molecule has 0 saturated heterocycles. The molecule has 112 valence electrons. The van der Waals surface area contributed by atoms with Crippen molar-refractivity contribution in [2.24, 2.45) is 0 Å². The molecule has 2 rings (SSSR count). The monoisotopic (exact) mass is 357 g/mol. The number of nitrogens with one attached hydrogen (secondary N) is 1. The first kappa shape index (κ1) is 15.9. The van der Waals surface area contributed by atoms with E-state index in [1.54, 1.807) is 0 Å². The fourth-order valence-corrected chi connectivity index (χ4v) is 2.48. The Morgan fingerprint density at radius 2 is 1.86 bits per heavy atom. The van der Waals surface area contributed by atoms with Crippen LogP contribution in [0.5, 0.6) is 0 Å². The summed E-state index contributed by atoms with van der Waals surface area (Å²) in [4.78, 5) is 0.